The highest BCUT2D eigenvalue weighted by Gasteiger charge is 2.26. The molecule has 0 saturated heterocycles. The van der Waals surface area contributed by atoms with Crippen LogP contribution in [-0.2, 0) is 14.3 Å². The monoisotopic (exact) mass is 348 g/mol. The van der Waals surface area contributed by atoms with Crippen LogP contribution in [-0.4, -0.2) is 25.7 Å². The van der Waals surface area contributed by atoms with Crippen molar-refractivity contribution < 1.29 is 23.8 Å². The van der Waals surface area contributed by atoms with Crippen molar-refractivity contribution in [3.8, 4) is 5.75 Å². The van der Waals surface area contributed by atoms with Gasteiger partial charge in [-0.05, 0) is 43.3 Å². The van der Waals surface area contributed by atoms with E-state index in [9.17, 15) is 9.59 Å². The Hall–Kier alpha value is -2.53. The molecule has 1 unspecified atom stereocenters. The number of benzene rings is 2. The summed E-state index contributed by atoms with van der Waals surface area (Å²) < 4.78 is 15.4. The Morgan fingerprint density at radius 2 is 1.83 bits per heavy atom. The Morgan fingerprint density at radius 3 is 2.42 bits per heavy atom. The van der Waals surface area contributed by atoms with Gasteiger partial charge in [-0.3, -0.25) is 0 Å². The highest BCUT2D eigenvalue weighted by molar-refractivity contribution is 6.30. The molecule has 0 bridgehead atoms. The maximum atomic E-state index is 12.3. The molecule has 126 valence electrons. The van der Waals surface area contributed by atoms with Crippen molar-refractivity contribution in [1.82, 2.24) is 0 Å². The molecule has 0 aliphatic rings. The van der Waals surface area contributed by atoms with E-state index in [2.05, 4.69) is 0 Å². The molecule has 2 rings (SSSR count). The van der Waals surface area contributed by atoms with Crippen molar-refractivity contribution in [2.45, 2.75) is 13.0 Å². The molecule has 2 aromatic carbocycles. The minimum Gasteiger partial charge on any atom is -0.494 e. The molecular formula is C18H17ClO5. The van der Waals surface area contributed by atoms with Crippen LogP contribution in [0.15, 0.2) is 48.5 Å². The standard InChI is InChI=1S/C18H17ClO5/c1-3-23-15-9-7-12(8-10-15)17(20)24-16(18(21)22-2)13-5-4-6-14(19)11-13/h4-11,16H,3H2,1-2H3. The fraction of sp³-hybridized carbons (Fsp3) is 0.222. The number of esters is 2. The smallest absolute Gasteiger partial charge is 0.351 e. The van der Waals surface area contributed by atoms with Crippen LogP contribution in [0.1, 0.15) is 28.9 Å². The van der Waals surface area contributed by atoms with Gasteiger partial charge in [0.25, 0.3) is 0 Å². The maximum absolute atomic E-state index is 12.3. The number of rotatable bonds is 6. The maximum Gasteiger partial charge on any atom is 0.351 e. The Labute approximate surface area is 145 Å². The summed E-state index contributed by atoms with van der Waals surface area (Å²) in [6.45, 7) is 2.40. The van der Waals surface area contributed by atoms with Crippen LogP contribution in [0.3, 0.4) is 0 Å². The number of methoxy groups -OCH3 is 1. The van der Waals surface area contributed by atoms with Crippen LogP contribution in [0, 0.1) is 0 Å². The molecular weight excluding hydrogens is 332 g/mol. The lowest BCUT2D eigenvalue weighted by Crippen LogP contribution is -2.21. The Kier molecular flexibility index (Phi) is 6.21. The van der Waals surface area contributed by atoms with Crippen LogP contribution >= 0.6 is 11.6 Å². The zero-order chi connectivity index (χ0) is 17.5. The van der Waals surface area contributed by atoms with Gasteiger partial charge in [0.05, 0.1) is 19.3 Å². The first-order chi connectivity index (χ1) is 11.5. The summed E-state index contributed by atoms with van der Waals surface area (Å²) in [5, 5.41) is 0.429. The van der Waals surface area contributed by atoms with Gasteiger partial charge < -0.3 is 14.2 Å². The average molecular weight is 349 g/mol. The molecule has 0 heterocycles. The van der Waals surface area contributed by atoms with Gasteiger partial charge in [-0.1, -0.05) is 23.7 Å². The van der Waals surface area contributed by atoms with Crippen molar-refractivity contribution in [1.29, 1.82) is 0 Å². The van der Waals surface area contributed by atoms with Crippen LogP contribution in [0.2, 0.25) is 5.02 Å². The Morgan fingerprint density at radius 1 is 1.12 bits per heavy atom. The van der Waals surface area contributed by atoms with E-state index in [-0.39, 0.29) is 0 Å². The lowest BCUT2D eigenvalue weighted by Gasteiger charge is -2.16. The molecule has 0 radical (unpaired) electrons. The first-order valence-electron chi connectivity index (χ1n) is 7.32. The zero-order valence-corrected chi connectivity index (χ0v) is 14.1. The fourth-order valence-corrected chi connectivity index (χ4v) is 2.26. The van der Waals surface area contributed by atoms with E-state index >= 15 is 0 Å². The molecule has 0 saturated carbocycles. The predicted octanol–water partition coefficient (Wildman–Crippen LogP) is 3.81. The average Bonchev–Trinajstić information content (AvgIpc) is 2.59. The molecule has 6 heteroatoms. The lowest BCUT2D eigenvalue weighted by molar-refractivity contribution is -0.151. The quantitative estimate of drug-likeness (QED) is 0.743. The Bertz CT molecular complexity index is 712. The number of carbonyl (C=O) groups is 2. The summed E-state index contributed by atoms with van der Waals surface area (Å²) in [6.07, 6.45) is -1.19. The van der Waals surface area contributed by atoms with Gasteiger partial charge in [-0.25, -0.2) is 9.59 Å². The predicted molar refractivity (Wildman–Crippen MR) is 89.2 cm³/mol. The molecule has 24 heavy (non-hydrogen) atoms. The van der Waals surface area contributed by atoms with Crippen LogP contribution < -0.4 is 4.74 Å². The van der Waals surface area contributed by atoms with Gasteiger partial charge in [-0.15, -0.1) is 0 Å². The number of halogens is 1. The molecule has 0 N–H and O–H groups in total. The molecule has 0 aliphatic heterocycles. The van der Waals surface area contributed by atoms with Crippen LogP contribution in [0.4, 0.5) is 0 Å². The molecule has 2 aromatic rings. The normalized spacial score (nSPS) is 11.5. The van der Waals surface area contributed by atoms with Crippen LogP contribution in [0.5, 0.6) is 5.75 Å². The SMILES string of the molecule is CCOc1ccc(C(=O)OC(C(=O)OC)c2cccc(Cl)c2)cc1. The van der Waals surface area contributed by atoms with Gasteiger partial charge in [-0.2, -0.15) is 0 Å². The summed E-state index contributed by atoms with van der Waals surface area (Å²) in [5.41, 5.74) is 0.739. The second-order valence-corrected chi connectivity index (χ2v) is 5.26. The minimum atomic E-state index is -1.19. The number of hydrogen-bond acceptors (Lipinski definition) is 5. The zero-order valence-electron chi connectivity index (χ0n) is 13.3. The lowest BCUT2D eigenvalue weighted by atomic mass is 10.1. The molecule has 1 atom stereocenters. The topological polar surface area (TPSA) is 61.8 Å². The summed E-state index contributed by atoms with van der Waals surface area (Å²) >= 11 is 5.93. The third-order valence-electron chi connectivity index (χ3n) is 3.19. The second-order valence-electron chi connectivity index (χ2n) is 4.82. The molecule has 5 nitrogen and oxygen atoms in total. The molecule has 0 aliphatic carbocycles. The van der Waals surface area contributed by atoms with Gasteiger partial charge in [0.1, 0.15) is 5.75 Å². The highest BCUT2D eigenvalue weighted by atomic mass is 35.5. The summed E-state index contributed by atoms with van der Waals surface area (Å²) in [7, 11) is 1.23. The van der Waals surface area contributed by atoms with E-state index in [1.165, 1.54) is 7.11 Å². The summed E-state index contributed by atoms with van der Waals surface area (Å²) in [6, 6.07) is 13.0. The number of carbonyl (C=O) groups excluding carboxylic acids is 2. The third-order valence-corrected chi connectivity index (χ3v) is 3.43. The second kappa shape index (κ2) is 8.36. The Balaban J connectivity index is 2.19. The number of ether oxygens (including phenoxy) is 3. The molecule has 0 fully saturated rings. The molecule has 0 spiro atoms. The van der Waals surface area contributed by atoms with Crippen molar-refractivity contribution in [2.75, 3.05) is 13.7 Å². The third kappa shape index (κ3) is 4.49. The first kappa shape index (κ1) is 17.8. The van der Waals surface area contributed by atoms with E-state index in [1.54, 1.807) is 48.5 Å². The van der Waals surface area contributed by atoms with E-state index in [0.717, 1.165) is 0 Å². The van der Waals surface area contributed by atoms with Crippen molar-refractivity contribution in [3.05, 3.63) is 64.7 Å². The summed E-state index contributed by atoms with van der Waals surface area (Å²) in [5.74, 6) is -0.682. The van der Waals surface area contributed by atoms with Gasteiger partial charge in [0, 0.05) is 10.6 Å². The van der Waals surface area contributed by atoms with E-state index in [4.69, 9.17) is 25.8 Å². The van der Waals surface area contributed by atoms with Gasteiger partial charge >= 0.3 is 11.9 Å². The van der Waals surface area contributed by atoms with E-state index in [0.29, 0.717) is 28.5 Å². The van der Waals surface area contributed by atoms with Crippen molar-refractivity contribution in [3.63, 3.8) is 0 Å². The van der Waals surface area contributed by atoms with E-state index < -0.39 is 18.0 Å². The number of hydrogen-bond donors (Lipinski definition) is 0. The minimum absolute atomic E-state index is 0.300. The first-order valence-corrected chi connectivity index (χ1v) is 7.70. The largest absolute Gasteiger partial charge is 0.494 e. The van der Waals surface area contributed by atoms with Crippen LogP contribution in [0.25, 0.3) is 0 Å². The van der Waals surface area contributed by atoms with Gasteiger partial charge in [0.15, 0.2) is 0 Å². The van der Waals surface area contributed by atoms with Gasteiger partial charge in [0.2, 0.25) is 6.10 Å². The van der Waals surface area contributed by atoms with Crippen molar-refractivity contribution in [2.24, 2.45) is 0 Å². The molecule has 0 amide bonds. The van der Waals surface area contributed by atoms with Crippen molar-refractivity contribution >= 4 is 23.5 Å². The molecule has 0 aromatic heterocycles. The van der Waals surface area contributed by atoms with E-state index in [1.807, 2.05) is 6.92 Å². The summed E-state index contributed by atoms with van der Waals surface area (Å²) in [4.78, 5) is 24.3. The fourth-order valence-electron chi connectivity index (χ4n) is 2.06. The highest BCUT2D eigenvalue weighted by Crippen LogP contribution is 2.24.